The zero-order valence-electron chi connectivity index (χ0n) is 19.8. The van der Waals surface area contributed by atoms with Crippen molar-refractivity contribution in [2.24, 2.45) is 10.2 Å². The van der Waals surface area contributed by atoms with Gasteiger partial charge in [0, 0.05) is 29.4 Å². The monoisotopic (exact) mass is 543 g/mol. The van der Waals surface area contributed by atoms with Gasteiger partial charge >= 0.3 is 6.18 Å². The minimum absolute atomic E-state index is 0.140. The van der Waals surface area contributed by atoms with Crippen molar-refractivity contribution in [3.8, 4) is 17.1 Å². The number of carbonyl (C=O) groups is 1. The van der Waals surface area contributed by atoms with E-state index in [0.717, 1.165) is 53.4 Å². The Hall–Kier alpha value is -4.12. The summed E-state index contributed by atoms with van der Waals surface area (Å²) in [4.78, 5) is 18.7. The summed E-state index contributed by atoms with van der Waals surface area (Å²) in [6.07, 6.45) is -2.78. The predicted octanol–water partition coefficient (Wildman–Crippen LogP) is 5.78. The smallest absolute Gasteiger partial charge is 0.416 e. The van der Waals surface area contributed by atoms with Gasteiger partial charge in [0.1, 0.15) is 11.8 Å². The molecule has 196 valence electrons. The highest BCUT2D eigenvalue weighted by atomic mass is 35.5. The molecule has 2 N–H and O–H groups in total. The van der Waals surface area contributed by atoms with Crippen LogP contribution in [0.3, 0.4) is 0 Å². The quantitative estimate of drug-likeness (QED) is 0.187. The number of nitrogens with zero attached hydrogens (tertiary/aromatic N) is 4. The van der Waals surface area contributed by atoms with Crippen LogP contribution in [-0.2, 0) is 6.18 Å². The number of nitrogens with two attached hydrogens (primary N) is 1. The molecule has 3 aromatic carbocycles. The van der Waals surface area contributed by atoms with E-state index in [0.29, 0.717) is 24.0 Å². The van der Waals surface area contributed by atoms with Crippen LogP contribution >= 0.6 is 11.8 Å². The second kappa shape index (κ2) is 10.3. The summed E-state index contributed by atoms with van der Waals surface area (Å²) >= 11 is 5.53. The largest absolute Gasteiger partial charge is 0.485 e. The Morgan fingerprint density at radius 3 is 2.61 bits per heavy atom. The Balaban J connectivity index is 1.26. The third-order valence-corrected chi connectivity index (χ3v) is 6.51. The Labute approximate surface area is 220 Å². The van der Waals surface area contributed by atoms with Gasteiger partial charge in [-0.3, -0.25) is 4.79 Å². The number of ether oxygens (including phenoxy) is 1. The van der Waals surface area contributed by atoms with Gasteiger partial charge in [-0.15, -0.1) is 4.51 Å². The fraction of sp³-hybridized carbons (Fsp3) is 0.231. The summed E-state index contributed by atoms with van der Waals surface area (Å²) < 4.78 is 52.8. The number of Topliss-reactive ketones (excluding diaryl/α,β-unsaturated/α-hetero) is 1. The number of ketones is 1. The van der Waals surface area contributed by atoms with Gasteiger partial charge in [-0.25, -0.2) is 0 Å². The molecule has 1 aliphatic rings. The van der Waals surface area contributed by atoms with Gasteiger partial charge in [0.05, 0.1) is 5.56 Å². The highest BCUT2D eigenvalue weighted by Gasteiger charge is 2.32. The van der Waals surface area contributed by atoms with Gasteiger partial charge in [0.2, 0.25) is 17.7 Å². The molecule has 0 amide bonds. The molecule has 8 nitrogen and oxygen atoms in total. The molecule has 0 radical (unpaired) electrons. The molecule has 1 saturated heterocycles. The molecule has 0 bridgehead atoms. The van der Waals surface area contributed by atoms with Crippen molar-refractivity contribution in [2.75, 3.05) is 13.2 Å². The fourth-order valence-electron chi connectivity index (χ4n) is 4.36. The number of alkyl halides is 3. The maximum Gasteiger partial charge on any atom is 0.416 e. The zero-order valence-corrected chi connectivity index (χ0v) is 20.5. The minimum Gasteiger partial charge on any atom is -0.485 e. The van der Waals surface area contributed by atoms with Crippen molar-refractivity contribution in [3.05, 3.63) is 77.7 Å². The van der Waals surface area contributed by atoms with E-state index in [2.05, 4.69) is 14.7 Å². The number of carbonyl (C=O) groups excluding carboxylic acids is 1. The van der Waals surface area contributed by atoms with Gasteiger partial charge in [-0.2, -0.15) is 18.2 Å². The van der Waals surface area contributed by atoms with Crippen molar-refractivity contribution < 1.29 is 27.2 Å². The van der Waals surface area contributed by atoms with E-state index < -0.39 is 17.5 Å². The normalized spacial score (nSPS) is 16.3. The highest BCUT2D eigenvalue weighted by molar-refractivity contribution is 6.19. The molecule has 1 aliphatic heterocycles. The second-order valence-electron chi connectivity index (χ2n) is 8.76. The molecule has 0 saturated carbocycles. The van der Waals surface area contributed by atoms with Crippen LogP contribution in [0.25, 0.3) is 22.2 Å². The number of hydrogen-bond acceptors (Lipinski definition) is 6. The van der Waals surface area contributed by atoms with Crippen molar-refractivity contribution in [2.45, 2.75) is 25.1 Å². The molecule has 5 rings (SSSR count). The summed E-state index contributed by atoms with van der Waals surface area (Å²) in [7, 11) is 0. The molecular weight excluding hydrogens is 523 g/mol. The topological polar surface area (TPSA) is 107 Å². The molecule has 0 unspecified atom stereocenters. The standard InChI is InChI=1S/C26H21ClF3N5O3/c27-33-25(31)35-11-1-2-21(35)24-32-23(34-38-24)18-4-3-17-13-20(10-7-16(17)12-18)37-14-22(36)15-5-8-19(9-6-15)26(28,29)30/h3-10,12-13,21H,1-2,11,14H2,(H2,31,33)/t21-/m0/s1. The summed E-state index contributed by atoms with van der Waals surface area (Å²) in [6, 6.07) is 14.8. The van der Waals surface area contributed by atoms with Gasteiger partial charge in [0.15, 0.2) is 12.4 Å². The molecule has 38 heavy (non-hydrogen) atoms. The summed E-state index contributed by atoms with van der Waals surface area (Å²) in [5.41, 5.74) is 5.95. The van der Waals surface area contributed by atoms with Crippen molar-refractivity contribution in [1.82, 2.24) is 15.0 Å². The first-order chi connectivity index (χ1) is 18.2. The maximum atomic E-state index is 12.7. The van der Waals surface area contributed by atoms with Gasteiger partial charge in [-0.1, -0.05) is 35.5 Å². The molecule has 0 aliphatic carbocycles. The lowest BCUT2D eigenvalue weighted by atomic mass is 10.1. The molecule has 1 aromatic heterocycles. The lowest BCUT2D eigenvalue weighted by molar-refractivity contribution is -0.137. The second-order valence-corrected chi connectivity index (χ2v) is 8.93. The van der Waals surface area contributed by atoms with Crippen LogP contribution in [0.2, 0.25) is 0 Å². The van der Waals surface area contributed by atoms with Crippen molar-refractivity contribution in [1.29, 1.82) is 0 Å². The molecular formula is C26H21ClF3N5O3. The Bertz CT molecular complexity index is 1500. The summed E-state index contributed by atoms with van der Waals surface area (Å²) in [6.45, 7) is 0.387. The van der Waals surface area contributed by atoms with Crippen LogP contribution < -0.4 is 10.5 Å². The third kappa shape index (κ3) is 5.28. The lowest BCUT2D eigenvalue weighted by Crippen LogP contribution is -2.36. The molecule has 1 fully saturated rings. The van der Waals surface area contributed by atoms with E-state index in [9.17, 15) is 18.0 Å². The van der Waals surface area contributed by atoms with E-state index in [1.165, 1.54) is 0 Å². The lowest BCUT2D eigenvalue weighted by Gasteiger charge is -2.21. The van der Waals surface area contributed by atoms with Crippen LogP contribution in [0.15, 0.2) is 69.7 Å². The Kier molecular flexibility index (Phi) is 6.94. The minimum atomic E-state index is -4.46. The Morgan fingerprint density at radius 1 is 1.13 bits per heavy atom. The number of benzene rings is 3. The third-order valence-electron chi connectivity index (χ3n) is 6.33. The van der Waals surface area contributed by atoms with Crippen LogP contribution in [0, 0.1) is 0 Å². The Morgan fingerprint density at radius 2 is 1.87 bits per heavy atom. The average Bonchev–Trinajstić information content (AvgIpc) is 3.60. The van der Waals surface area contributed by atoms with Gasteiger partial charge in [-0.05, 0) is 53.9 Å². The fourth-order valence-corrected chi connectivity index (χ4v) is 4.46. The molecule has 0 spiro atoms. The first-order valence-electron chi connectivity index (χ1n) is 11.6. The first-order valence-corrected chi connectivity index (χ1v) is 12.0. The molecule has 2 heterocycles. The molecule has 12 heteroatoms. The number of hydrogen-bond donors (Lipinski definition) is 1. The van der Waals surface area contributed by atoms with Gasteiger partial charge < -0.3 is 19.9 Å². The first kappa shape index (κ1) is 25.5. The highest BCUT2D eigenvalue weighted by Crippen LogP contribution is 2.33. The SMILES string of the molecule is NC(=NCl)N1CCC[C@H]1c1nc(-c2ccc3cc(OCC(=O)c4ccc(C(F)(F)F)cc4)ccc3c2)no1. The molecule has 1 atom stereocenters. The zero-order chi connectivity index (χ0) is 26.9. The van der Waals surface area contributed by atoms with E-state index in [1.54, 1.807) is 12.1 Å². The number of aromatic nitrogens is 2. The van der Waals surface area contributed by atoms with E-state index in [4.69, 9.17) is 26.8 Å². The van der Waals surface area contributed by atoms with Crippen LogP contribution in [0.4, 0.5) is 13.2 Å². The van der Waals surface area contributed by atoms with Crippen LogP contribution in [0.5, 0.6) is 5.75 Å². The van der Waals surface area contributed by atoms with Crippen LogP contribution in [-0.4, -0.2) is 39.9 Å². The van der Waals surface area contributed by atoms with Crippen molar-refractivity contribution >= 4 is 34.3 Å². The molecule has 4 aromatic rings. The number of guanidine groups is 1. The summed E-state index contributed by atoms with van der Waals surface area (Å²) in [5.74, 6) is 1.09. The van der Waals surface area contributed by atoms with E-state index in [-0.39, 0.29) is 24.2 Å². The van der Waals surface area contributed by atoms with Gasteiger partial charge in [0.25, 0.3) is 0 Å². The average molecular weight is 544 g/mol. The van der Waals surface area contributed by atoms with E-state index >= 15 is 0 Å². The van der Waals surface area contributed by atoms with E-state index in [1.807, 2.05) is 29.2 Å². The number of rotatable bonds is 6. The van der Waals surface area contributed by atoms with Crippen molar-refractivity contribution in [3.63, 3.8) is 0 Å². The van der Waals surface area contributed by atoms with Crippen LogP contribution in [0.1, 0.15) is 40.7 Å². The predicted molar refractivity (Wildman–Crippen MR) is 135 cm³/mol. The summed E-state index contributed by atoms with van der Waals surface area (Å²) in [5, 5.41) is 5.86. The number of halogens is 4. The maximum absolute atomic E-state index is 12.7. The number of fused-ring (bicyclic) bond motifs is 1. The number of likely N-dealkylation sites (tertiary alicyclic amines) is 1.